The molecule has 1 aliphatic heterocycles. The number of benzene rings is 2. The van der Waals surface area contributed by atoms with Crippen LogP contribution in [-0.4, -0.2) is 43.7 Å². The van der Waals surface area contributed by atoms with Gasteiger partial charge in [0, 0.05) is 25.2 Å². The highest BCUT2D eigenvalue weighted by atomic mass is 16.6. The molecule has 0 aromatic heterocycles. The van der Waals surface area contributed by atoms with E-state index in [0.717, 1.165) is 0 Å². The maximum Gasteiger partial charge on any atom is 0.271 e. The van der Waals surface area contributed by atoms with Gasteiger partial charge in [-0.25, -0.2) is 0 Å². The molecule has 170 valence electrons. The maximum absolute atomic E-state index is 12.5. The van der Waals surface area contributed by atoms with Crippen molar-refractivity contribution in [2.45, 2.75) is 38.0 Å². The zero-order valence-electron chi connectivity index (χ0n) is 18.1. The molecule has 1 N–H and O–H groups in total. The van der Waals surface area contributed by atoms with E-state index in [4.69, 9.17) is 9.47 Å². The van der Waals surface area contributed by atoms with Gasteiger partial charge in [0.1, 0.15) is 5.75 Å². The third-order valence-corrected chi connectivity index (χ3v) is 6.14. The Bertz CT molecular complexity index is 935. The molecule has 1 aliphatic carbocycles. The van der Waals surface area contributed by atoms with E-state index in [2.05, 4.69) is 17.4 Å². The Morgan fingerprint density at radius 2 is 1.81 bits per heavy atom. The lowest BCUT2D eigenvalue weighted by atomic mass is 9.84. The molecule has 1 amide bonds. The molecule has 32 heavy (non-hydrogen) atoms. The minimum atomic E-state index is -0.435. The normalized spacial score (nSPS) is 17.1. The summed E-state index contributed by atoms with van der Waals surface area (Å²) in [5.74, 6) is 0.961. The van der Waals surface area contributed by atoms with Crippen LogP contribution in [0, 0.1) is 10.1 Å². The fraction of sp³-hybridized carbons (Fsp3) is 0.458. The molecule has 8 nitrogen and oxygen atoms in total. The van der Waals surface area contributed by atoms with Crippen molar-refractivity contribution in [2.24, 2.45) is 0 Å². The fourth-order valence-electron chi connectivity index (χ4n) is 4.41. The number of nitro groups is 1. The van der Waals surface area contributed by atoms with Gasteiger partial charge in [0.05, 0.1) is 29.5 Å². The van der Waals surface area contributed by atoms with E-state index in [1.165, 1.54) is 49.8 Å². The number of rotatable bonds is 7. The van der Waals surface area contributed by atoms with Crippen molar-refractivity contribution >= 4 is 23.0 Å². The standard InChI is InChI=1S/C24H29N3O5/c28-24(17-32-21-9-6-19(7-10-21)18-4-2-1-3-5-18)25-22-11-8-20(27(29)30)16-23(22)26-12-14-31-15-13-26/h6-11,16,18H,1-5,12-15,17H2,(H,25,28). The molecule has 2 aromatic rings. The van der Waals surface area contributed by atoms with Gasteiger partial charge in [0.2, 0.25) is 0 Å². The lowest BCUT2D eigenvalue weighted by molar-refractivity contribution is -0.384. The molecular weight excluding hydrogens is 410 g/mol. The van der Waals surface area contributed by atoms with Gasteiger partial charge in [-0.2, -0.15) is 0 Å². The van der Waals surface area contributed by atoms with E-state index in [1.807, 2.05) is 17.0 Å². The van der Waals surface area contributed by atoms with Crippen LogP contribution in [0.5, 0.6) is 5.75 Å². The Morgan fingerprint density at radius 3 is 2.50 bits per heavy atom. The zero-order chi connectivity index (χ0) is 22.3. The summed E-state index contributed by atoms with van der Waals surface area (Å²) in [4.78, 5) is 25.3. The Balaban J connectivity index is 1.37. The maximum atomic E-state index is 12.5. The molecule has 0 radical (unpaired) electrons. The fourth-order valence-corrected chi connectivity index (χ4v) is 4.41. The predicted octanol–water partition coefficient (Wildman–Crippen LogP) is 4.50. The van der Waals surface area contributed by atoms with Crippen molar-refractivity contribution in [2.75, 3.05) is 43.1 Å². The summed E-state index contributed by atoms with van der Waals surface area (Å²) >= 11 is 0. The van der Waals surface area contributed by atoms with E-state index < -0.39 is 4.92 Å². The Hall–Kier alpha value is -3.13. The van der Waals surface area contributed by atoms with Crippen molar-refractivity contribution in [1.29, 1.82) is 0 Å². The Labute approximate surface area is 187 Å². The second kappa shape index (κ2) is 10.5. The van der Waals surface area contributed by atoms with Crippen LogP contribution in [0.1, 0.15) is 43.6 Å². The van der Waals surface area contributed by atoms with Crippen LogP contribution in [-0.2, 0) is 9.53 Å². The number of carbonyl (C=O) groups excluding carboxylic acids is 1. The first-order chi connectivity index (χ1) is 15.6. The number of nitro benzene ring substituents is 1. The zero-order valence-corrected chi connectivity index (χ0v) is 18.1. The summed E-state index contributed by atoms with van der Waals surface area (Å²) < 4.78 is 11.0. The molecule has 1 saturated carbocycles. The number of nitrogens with one attached hydrogen (secondary N) is 1. The number of nitrogens with zero attached hydrogens (tertiary/aromatic N) is 2. The molecule has 0 bridgehead atoms. The average molecular weight is 440 g/mol. The van der Waals surface area contributed by atoms with Crippen LogP contribution in [0.4, 0.5) is 17.1 Å². The highest BCUT2D eigenvalue weighted by Gasteiger charge is 2.20. The molecule has 2 aromatic carbocycles. The SMILES string of the molecule is O=C(COc1ccc(C2CCCCC2)cc1)Nc1ccc([N+](=O)[O-])cc1N1CCOCC1. The smallest absolute Gasteiger partial charge is 0.271 e. The molecular formula is C24H29N3O5. The molecule has 8 heteroatoms. The van der Waals surface area contributed by atoms with Crippen molar-refractivity contribution in [1.82, 2.24) is 0 Å². The second-order valence-electron chi connectivity index (χ2n) is 8.30. The largest absolute Gasteiger partial charge is 0.484 e. The minimum absolute atomic E-state index is 0.0150. The number of carbonyl (C=O) groups is 1. The lowest BCUT2D eigenvalue weighted by Crippen LogP contribution is -2.37. The quantitative estimate of drug-likeness (QED) is 0.504. The van der Waals surface area contributed by atoms with E-state index >= 15 is 0 Å². The highest BCUT2D eigenvalue weighted by molar-refractivity contribution is 5.95. The minimum Gasteiger partial charge on any atom is -0.484 e. The number of hydrogen-bond acceptors (Lipinski definition) is 6. The third kappa shape index (κ3) is 5.56. The van der Waals surface area contributed by atoms with Crippen LogP contribution >= 0.6 is 0 Å². The second-order valence-corrected chi connectivity index (χ2v) is 8.30. The molecule has 0 unspecified atom stereocenters. The Morgan fingerprint density at radius 1 is 1.09 bits per heavy atom. The molecule has 2 fully saturated rings. The predicted molar refractivity (Wildman–Crippen MR) is 123 cm³/mol. The monoisotopic (exact) mass is 439 g/mol. The summed E-state index contributed by atoms with van der Waals surface area (Å²) in [6.45, 7) is 2.15. The first-order valence-corrected chi connectivity index (χ1v) is 11.2. The van der Waals surface area contributed by atoms with Gasteiger partial charge in [-0.3, -0.25) is 14.9 Å². The molecule has 1 heterocycles. The van der Waals surface area contributed by atoms with Crippen LogP contribution in [0.25, 0.3) is 0 Å². The van der Waals surface area contributed by atoms with Crippen molar-refractivity contribution in [3.8, 4) is 5.75 Å². The van der Waals surface area contributed by atoms with E-state index in [0.29, 0.717) is 49.3 Å². The van der Waals surface area contributed by atoms with Crippen molar-refractivity contribution in [3.05, 3.63) is 58.1 Å². The van der Waals surface area contributed by atoms with E-state index in [1.54, 1.807) is 6.07 Å². The van der Waals surface area contributed by atoms with Gasteiger partial charge < -0.3 is 19.7 Å². The highest BCUT2D eigenvalue weighted by Crippen LogP contribution is 2.33. The van der Waals surface area contributed by atoms with Crippen LogP contribution in [0.15, 0.2) is 42.5 Å². The van der Waals surface area contributed by atoms with Gasteiger partial charge in [0.25, 0.3) is 11.6 Å². The topological polar surface area (TPSA) is 93.9 Å². The molecule has 1 saturated heterocycles. The molecule has 2 aliphatic rings. The van der Waals surface area contributed by atoms with Gasteiger partial charge in [0.15, 0.2) is 6.61 Å². The van der Waals surface area contributed by atoms with Crippen LogP contribution < -0.4 is 15.0 Å². The molecule has 0 spiro atoms. The van der Waals surface area contributed by atoms with E-state index in [9.17, 15) is 14.9 Å². The Kier molecular flexibility index (Phi) is 7.21. The number of non-ortho nitro benzene ring substituents is 1. The summed E-state index contributed by atoms with van der Waals surface area (Å²) in [6.07, 6.45) is 6.39. The van der Waals surface area contributed by atoms with Crippen LogP contribution in [0.3, 0.4) is 0 Å². The summed E-state index contributed by atoms with van der Waals surface area (Å²) in [7, 11) is 0. The van der Waals surface area contributed by atoms with Gasteiger partial charge in [-0.15, -0.1) is 0 Å². The number of hydrogen-bond donors (Lipinski definition) is 1. The molecule has 0 atom stereocenters. The number of ether oxygens (including phenoxy) is 2. The van der Waals surface area contributed by atoms with Gasteiger partial charge in [-0.05, 0) is 42.5 Å². The first kappa shape index (κ1) is 22.1. The first-order valence-electron chi connectivity index (χ1n) is 11.2. The summed E-state index contributed by atoms with van der Waals surface area (Å²) in [6, 6.07) is 12.5. The van der Waals surface area contributed by atoms with Gasteiger partial charge in [-0.1, -0.05) is 31.4 Å². The number of amides is 1. The summed E-state index contributed by atoms with van der Waals surface area (Å²) in [5, 5.41) is 14.0. The lowest BCUT2D eigenvalue weighted by Gasteiger charge is -2.30. The van der Waals surface area contributed by atoms with Crippen molar-refractivity contribution in [3.63, 3.8) is 0 Å². The van der Waals surface area contributed by atoms with Crippen molar-refractivity contribution < 1.29 is 19.2 Å². The van der Waals surface area contributed by atoms with E-state index in [-0.39, 0.29) is 18.2 Å². The summed E-state index contributed by atoms with van der Waals surface area (Å²) in [5.41, 5.74) is 2.47. The average Bonchev–Trinajstić information content (AvgIpc) is 2.84. The number of anilines is 2. The van der Waals surface area contributed by atoms with Gasteiger partial charge >= 0.3 is 0 Å². The number of morpholine rings is 1. The molecule has 4 rings (SSSR count). The van der Waals surface area contributed by atoms with Crippen LogP contribution in [0.2, 0.25) is 0 Å². The third-order valence-electron chi connectivity index (χ3n) is 6.14.